The van der Waals surface area contributed by atoms with Crippen LogP contribution in [0.2, 0.25) is 0 Å². The van der Waals surface area contributed by atoms with Gasteiger partial charge < -0.3 is 74.1 Å². The molecule has 8 atom stereocenters. The number of aliphatic hydroxyl groups excluding tert-OH is 1. The van der Waals surface area contributed by atoms with E-state index in [1.807, 2.05) is 0 Å². The molecule has 0 aliphatic carbocycles. The summed E-state index contributed by atoms with van der Waals surface area (Å²) in [6, 6.07) is -10.3. The Morgan fingerprint density at radius 2 is 1.31 bits per heavy atom. The highest BCUT2D eigenvalue weighted by Crippen LogP contribution is 2.06. The fourth-order valence-corrected chi connectivity index (χ4v) is 4.94. The Morgan fingerprint density at radius 1 is 0.707 bits per heavy atom. The maximum absolute atomic E-state index is 13.5. The Morgan fingerprint density at radius 3 is 1.84 bits per heavy atom. The minimum Gasteiger partial charge on any atom is -0.481 e. The van der Waals surface area contributed by atoms with Gasteiger partial charge in [0.2, 0.25) is 41.4 Å². The number of amides is 7. The van der Waals surface area contributed by atoms with Crippen molar-refractivity contribution in [2.24, 2.45) is 11.5 Å². The molecule has 0 aliphatic rings. The first-order chi connectivity index (χ1) is 27.2. The summed E-state index contributed by atoms with van der Waals surface area (Å²) in [6.45, 7) is 3.21. The second-order valence-electron chi connectivity index (χ2n) is 13.2. The number of aromatic nitrogens is 2. The molecule has 16 N–H and O–H groups in total. The number of unbranched alkanes of at least 4 members (excludes halogenated alkanes) is 1. The fraction of sp³-hybridized carbons (Fsp3) is 0.606. The van der Waals surface area contributed by atoms with Gasteiger partial charge >= 0.3 is 17.9 Å². The van der Waals surface area contributed by atoms with E-state index in [1.54, 1.807) is 0 Å². The van der Waals surface area contributed by atoms with Gasteiger partial charge in [-0.3, -0.25) is 43.2 Å². The molecule has 7 amide bonds. The van der Waals surface area contributed by atoms with Gasteiger partial charge in [0.05, 0.1) is 31.4 Å². The van der Waals surface area contributed by atoms with Crippen LogP contribution in [0.5, 0.6) is 0 Å². The van der Waals surface area contributed by atoms with Crippen LogP contribution in [0.4, 0.5) is 0 Å². The Hall–Kier alpha value is -6.21. The molecule has 0 saturated carbocycles. The molecule has 0 saturated heterocycles. The zero-order valence-electron chi connectivity index (χ0n) is 32.1. The summed E-state index contributed by atoms with van der Waals surface area (Å²) in [4.78, 5) is 131. The van der Waals surface area contributed by atoms with Crippen LogP contribution in [0.25, 0.3) is 0 Å². The molecule has 0 bridgehead atoms. The number of hydrogen-bond donors (Lipinski definition) is 14. The van der Waals surface area contributed by atoms with Gasteiger partial charge in [-0.25, -0.2) is 9.78 Å². The average Bonchev–Trinajstić information content (AvgIpc) is 3.65. The maximum Gasteiger partial charge on any atom is 0.326 e. The van der Waals surface area contributed by atoms with Crippen molar-refractivity contribution in [2.45, 2.75) is 114 Å². The highest BCUT2D eigenvalue weighted by atomic mass is 16.4. The lowest BCUT2D eigenvalue weighted by Crippen LogP contribution is -2.61. The number of imidazole rings is 1. The van der Waals surface area contributed by atoms with Crippen molar-refractivity contribution >= 4 is 59.3 Å². The second kappa shape index (κ2) is 25.1. The molecule has 0 aromatic carbocycles. The number of aliphatic hydroxyl groups is 1. The van der Waals surface area contributed by atoms with Gasteiger partial charge in [-0.1, -0.05) is 0 Å². The van der Waals surface area contributed by atoms with Crippen molar-refractivity contribution in [2.75, 3.05) is 13.1 Å². The van der Waals surface area contributed by atoms with Crippen molar-refractivity contribution in [3.8, 4) is 0 Å². The second-order valence-corrected chi connectivity index (χ2v) is 13.2. The van der Waals surface area contributed by atoms with Crippen LogP contribution in [0.3, 0.4) is 0 Å². The van der Waals surface area contributed by atoms with Crippen LogP contribution < -0.4 is 48.7 Å². The van der Waals surface area contributed by atoms with E-state index in [9.17, 15) is 63.3 Å². The molecule has 0 radical (unpaired) electrons. The van der Waals surface area contributed by atoms with Gasteiger partial charge in [-0.2, -0.15) is 0 Å². The Labute approximate surface area is 331 Å². The minimum atomic E-state index is -1.90. The summed E-state index contributed by atoms with van der Waals surface area (Å²) in [7, 11) is 0. The van der Waals surface area contributed by atoms with Crippen molar-refractivity contribution in [1.82, 2.24) is 47.2 Å². The van der Waals surface area contributed by atoms with Crippen molar-refractivity contribution in [3.63, 3.8) is 0 Å². The predicted octanol–water partition coefficient (Wildman–Crippen LogP) is -5.72. The SMILES string of the molecule is C[C@H](N)C(=O)N[C@@H](CCCCN)C(=O)N[C@H](C(=O)N[C@@H](CC(=O)O)C(=O)N[C@@H](Cc1cnc[nH]1)C(=O)NCC(=O)N[C@@H](C)C(=O)N[C@@H](CCC(=O)O)C(=O)O)[C@@H](C)O. The van der Waals surface area contributed by atoms with Crippen molar-refractivity contribution in [3.05, 3.63) is 18.2 Å². The zero-order chi connectivity index (χ0) is 44.1. The lowest BCUT2D eigenvalue weighted by Gasteiger charge is -2.27. The predicted molar refractivity (Wildman–Crippen MR) is 198 cm³/mol. The first-order valence-corrected chi connectivity index (χ1v) is 18.0. The third-order valence-corrected chi connectivity index (χ3v) is 8.14. The van der Waals surface area contributed by atoms with E-state index in [0.29, 0.717) is 18.5 Å². The summed E-state index contributed by atoms with van der Waals surface area (Å²) < 4.78 is 0. The molecule has 25 heteroatoms. The molecule has 324 valence electrons. The molecule has 0 aliphatic heterocycles. The molecule has 1 aromatic heterocycles. The fourth-order valence-electron chi connectivity index (χ4n) is 4.94. The number of carbonyl (C=O) groups excluding carboxylic acids is 7. The number of nitrogens with two attached hydrogens (primary N) is 2. The Balaban J connectivity index is 3.12. The summed E-state index contributed by atoms with van der Waals surface area (Å²) >= 11 is 0. The van der Waals surface area contributed by atoms with Gasteiger partial charge in [0.1, 0.15) is 36.3 Å². The van der Waals surface area contributed by atoms with E-state index < -0.39 is 133 Å². The van der Waals surface area contributed by atoms with Gasteiger partial charge in [-0.15, -0.1) is 0 Å². The topological polar surface area (TPSA) is 417 Å². The Kier molecular flexibility index (Phi) is 21.6. The summed E-state index contributed by atoms with van der Waals surface area (Å²) in [5, 5.41) is 53.8. The minimum absolute atomic E-state index is 0.0822. The lowest BCUT2D eigenvalue weighted by atomic mass is 10.1. The molecule has 1 heterocycles. The molecule has 25 nitrogen and oxygen atoms in total. The first kappa shape index (κ1) is 49.8. The number of carboxylic acid groups (broad SMARTS) is 3. The van der Waals surface area contributed by atoms with Gasteiger partial charge in [0, 0.05) is 24.7 Å². The highest BCUT2D eigenvalue weighted by Gasteiger charge is 2.35. The highest BCUT2D eigenvalue weighted by molar-refractivity contribution is 5.98. The zero-order valence-corrected chi connectivity index (χ0v) is 32.1. The van der Waals surface area contributed by atoms with E-state index in [0.717, 1.165) is 6.92 Å². The number of nitrogens with zero attached hydrogens (tertiary/aromatic N) is 1. The van der Waals surface area contributed by atoms with Gasteiger partial charge in [0.25, 0.3) is 0 Å². The van der Waals surface area contributed by atoms with Crippen molar-refractivity contribution < 1.29 is 68.4 Å². The van der Waals surface area contributed by atoms with E-state index in [2.05, 4.69) is 47.2 Å². The van der Waals surface area contributed by atoms with E-state index in [-0.39, 0.29) is 19.4 Å². The normalized spacial score (nSPS) is 15.0. The lowest BCUT2D eigenvalue weighted by molar-refractivity contribution is -0.143. The van der Waals surface area contributed by atoms with Gasteiger partial charge in [0.15, 0.2) is 0 Å². The van der Waals surface area contributed by atoms with Gasteiger partial charge in [-0.05, 0) is 53.0 Å². The van der Waals surface area contributed by atoms with E-state index in [1.165, 1.54) is 26.4 Å². The molecule has 1 aromatic rings. The summed E-state index contributed by atoms with van der Waals surface area (Å²) in [5.41, 5.74) is 11.4. The number of rotatable bonds is 27. The third kappa shape index (κ3) is 18.6. The monoisotopic (exact) mass is 827 g/mol. The van der Waals surface area contributed by atoms with Crippen LogP contribution in [0.1, 0.15) is 65.0 Å². The summed E-state index contributed by atoms with van der Waals surface area (Å²) in [5.74, 6) is -11.3. The molecular weight excluding hydrogens is 774 g/mol. The molecule has 1 rings (SSSR count). The number of carbonyl (C=O) groups is 10. The third-order valence-electron chi connectivity index (χ3n) is 8.14. The number of carboxylic acids is 3. The number of H-pyrrole nitrogens is 1. The van der Waals surface area contributed by atoms with Crippen LogP contribution >= 0.6 is 0 Å². The average molecular weight is 828 g/mol. The van der Waals surface area contributed by atoms with E-state index >= 15 is 0 Å². The van der Waals surface area contributed by atoms with E-state index in [4.69, 9.17) is 16.6 Å². The molecule has 0 unspecified atom stereocenters. The quantitative estimate of drug-likeness (QED) is 0.0367. The first-order valence-electron chi connectivity index (χ1n) is 18.0. The standard InChI is InChI=1S/C33H53N11O14/c1-15(35)27(51)40-19(6-4-5-9-34)30(54)44-26(17(3)45)32(56)43-22(11-25(49)50)31(55)42-21(10-18-12-36-14-38-18)29(53)37-13-23(46)39-16(2)28(52)41-20(33(57)58)7-8-24(47)48/h12,14-17,19-22,26,45H,4-11,13,34-35H2,1-3H3,(H,36,38)(H,37,53)(H,39,46)(H,40,51)(H,41,52)(H,42,55)(H,43,56)(H,44,54)(H,47,48)(H,49,50)(H,57,58)/t15-,16-,17+,19-,20-,21-,22-,26-/m0/s1. The van der Waals surface area contributed by atoms with Crippen LogP contribution in [-0.2, 0) is 54.4 Å². The molecule has 0 spiro atoms. The molecular formula is C33H53N11O14. The maximum atomic E-state index is 13.5. The summed E-state index contributed by atoms with van der Waals surface area (Å²) in [6.07, 6.45) is -0.424. The van der Waals surface area contributed by atoms with Crippen LogP contribution in [0, 0.1) is 0 Å². The van der Waals surface area contributed by atoms with Crippen LogP contribution in [0.15, 0.2) is 12.5 Å². The smallest absolute Gasteiger partial charge is 0.326 e. The Bertz CT molecular complexity index is 1610. The number of aliphatic carboxylic acids is 3. The number of nitrogens with one attached hydrogen (secondary N) is 8. The molecule has 58 heavy (non-hydrogen) atoms. The number of aromatic amines is 1. The molecule has 0 fully saturated rings. The van der Waals surface area contributed by atoms with Crippen LogP contribution in [-0.4, -0.2) is 151 Å². The largest absolute Gasteiger partial charge is 0.481 e. The number of hydrogen-bond acceptors (Lipinski definition) is 14. The van der Waals surface area contributed by atoms with Crippen molar-refractivity contribution in [1.29, 1.82) is 0 Å².